The first-order valence-electron chi connectivity index (χ1n) is 8.72. The summed E-state index contributed by atoms with van der Waals surface area (Å²) in [6.07, 6.45) is 0. The molecular formula is C20H23N5O2S. The molecule has 0 aliphatic rings. The van der Waals surface area contributed by atoms with Crippen LogP contribution in [0.5, 0.6) is 5.75 Å². The second-order valence-electron chi connectivity index (χ2n) is 6.37. The maximum absolute atomic E-state index is 12.2. The van der Waals surface area contributed by atoms with Gasteiger partial charge in [0.1, 0.15) is 5.75 Å². The molecule has 2 aromatic carbocycles. The molecule has 0 unspecified atom stereocenters. The first-order chi connectivity index (χ1) is 13.5. The Kier molecular flexibility index (Phi) is 6.20. The zero-order valence-corrected chi connectivity index (χ0v) is 17.2. The molecule has 3 aromatic rings. The van der Waals surface area contributed by atoms with E-state index >= 15 is 0 Å². The summed E-state index contributed by atoms with van der Waals surface area (Å²) in [6, 6.07) is 15.3. The van der Waals surface area contributed by atoms with Gasteiger partial charge in [-0.05, 0) is 48.5 Å². The van der Waals surface area contributed by atoms with Crippen LogP contribution in [0.3, 0.4) is 0 Å². The molecule has 0 aliphatic carbocycles. The average molecular weight is 398 g/mol. The van der Waals surface area contributed by atoms with Gasteiger partial charge in [-0.25, -0.2) is 0 Å². The molecule has 8 heteroatoms. The van der Waals surface area contributed by atoms with Crippen molar-refractivity contribution in [1.82, 2.24) is 14.8 Å². The molecule has 0 saturated heterocycles. The number of hydrogen-bond donors (Lipinski definition) is 1. The van der Waals surface area contributed by atoms with E-state index in [1.54, 1.807) is 31.4 Å². The van der Waals surface area contributed by atoms with Gasteiger partial charge in [0.15, 0.2) is 11.0 Å². The number of carbonyl (C=O) groups is 1. The molecule has 1 amide bonds. The van der Waals surface area contributed by atoms with Crippen LogP contribution in [0.25, 0.3) is 11.4 Å². The average Bonchev–Trinajstić information content (AvgIpc) is 3.07. The number of nitrogens with one attached hydrogen (secondary N) is 1. The molecule has 28 heavy (non-hydrogen) atoms. The summed E-state index contributed by atoms with van der Waals surface area (Å²) in [5.74, 6) is 1.66. The van der Waals surface area contributed by atoms with E-state index in [0.29, 0.717) is 5.16 Å². The third kappa shape index (κ3) is 4.64. The Morgan fingerprint density at radius 1 is 1.11 bits per heavy atom. The first-order valence-corrected chi connectivity index (χ1v) is 9.70. The van der Waals surface area contributed by atoms with Gasteiger partial charge in [0, 0.05) is 38.1 Å². The van der Waals surface area contributed by atoms with Gasteiger partial charge < -0.3 is 19.5 Å². The minimum absolute atomic E-state index is 0.102. The number of carbonyl (C=O) groups excluding carboxylic acids is 1. The van der Waals surface area contributed by atoms with Crippen molar-refractivity contribution >= 4 is 29.0 Å². The lowest BCUT2D eigenvalue weighted by molar-refractivity contribution is -0.113. The molecule has 3 rings (SSSR count). The largest absolute Gasteiger partial charge is 0.497 e. The predicted octanol–water partition coefficient (Wildman–Crippen LogP) is 3.29. The topological polar surface area (TPSA) is 72.3 Å². The number of methoxy groups -OCH3 is 1. The summed E-state index contributed by atoms with van der Waals surface area (Å²) >= 11 is 1.35. The molecule has 7 nitrogen and oxygen atoms in total. The number of nitrogens with zero attached hydrogens (tertiary/aromatic N) is 4. The van der Waals surface area contributed by atoms with E-state index in [0.717, 1.165) is 28.5 Å². The van der Waals surface area contributed by atoms with Crippen LogP contribution in [0.4, 0.5) is 11.4 Å². The zero-order valence-electron chi connectivity index (χ0n) is 16.3. The molecule has 0 fully saturated rings. The van der Waals surface area contributed by atoms with Gasteiger partial charge in [-0.1, -0.05) is 11.8 Å². The normalized spacial score (nSPS) is 10.6. The predicted molar refractivity (Wildman–Crippen MR) is 113 cm³/mol. The standard InChI is InChI=1S/C20H23N5O2S/c1-24(2)16-9-5-14(6-10-16)19-22-23-20(25(19)3)28-13-18(26)21-15-7-11-17(27-4)12-8-15/h5-12H,13H2,1-4H3,(H,21,26). The van der Waals surface area contributed by atoms with Crippen LogP contribution in [0.15, 0.2) is 53.7 Å². The third-order valence-corrected chi connectivity index (χ3v) is 5.20. The molecule has 0 spiro atoms. The summed E-state index contributed by atoms with van der Waals surface area (Å²) in [7, 11) is 7.51. The van der Waals surface area contributed by atoms with Crippen molar-refractivity contribution in [3.8, 4) is 17.1 Å². The minimum Gasteiger partial charge on any atom is -0.497 e. The number of benzene rings is 2. The minimum atomic E-state index is -0.102. The number of thioether (sulfide) groups is 1. The number of rotatable bonds is 7. The molecule has 146 valence electrons. The van der Waals surface area contributed by atoms with Crippen molar-refractivity contribution < 1.29 is 9.53 Å². The van der Waals surface area contributed by atoms with Gasteiger partial charge >= 0.3 is 0 Å². The Labute approximate surface area is 168 Å². The van der Waals surface area contributed by atoms with Crippen LogP contribution < -0.4 is 15.0 Å². The van der Waals surface area contributed by atoms with E-state index in [-0.39, 0.29) is 11.7 Å². The highest BCUT2D eigenvalue weighted by Crippen LogP contribution is 2.24. The lowest BCUT2D eigenvalue weighted by Gasteiger charge is -2.12. The SMILES string of the molecule is COc1ccc(NC(=O)CSc2nnc(-c3ccc(N(C)C)cc3)n2C)cc1. The highest BCUT2D eigenvalue weighted by atomic mass is 32.2. The maximum atomic E-state index is 12.2. The van der Waals surface area contributed by atoms with Crippen molar-refractivity contribution in [2.75, 3.05) is 37.2 Å². The number of aromatic nitrogens is 3. The Bertz CT molecular complexity index is 936. The summed E-state index contributed by atoms with van der Waals surface area (Å²) in [5, 5.41) is 12.0. The second-order valence-corrected chi connectivity index (χ2v) is 7.31. The number of hydrogen-bond acceptors (Lipinski definition) is 6. The highest BCUT2D eigenvalue weighted by Gasteiger charge is 2.13. The maximum Gasteiger partial charge on any atom is 0.234 e. The fourth-order valence-electron chi connectivity index (χ4n) is 2.60. The molecule has 0 aliphatic heterocycles. The van der Waals surface area contributed by atoms with Crippen molar-refractivity contribution in [3.63, 3.8) is 0 Å². The summed E-state index contributed by atoms with van der Waals surface area (Å²) < 4.78 is 7.01. The van der Waals surface area contributed by atoms with Crippen LogP contribution in [-0.4, -0.2) is 47.6 Å². The molecule has 0 atom stereocenters. The number of anilines is 2. The second kappa shape index (κ2) is 8.79. The van der Waals surface area contributed by atoms with Crippen LogP contribution in [0, 0.1) is 0 Å². The molecule has 1 heterocycles. The van der Waals surface area contributed by atoms with E-state index in [2.05, 4.69) is 15.5 Å². The zero-order chi connectivity index (χ0) is 20.1. The van der Waals surface area contributed by atoms with Gasteiger partial charge in [0.25, 0.3) is 0 Å². The first kappa shape index (κ1) is 19.8. The number of ether oxygens (including phenoxy) is 1. The highest BCUT2D eigenvalue weighted by molar-refractivity contribution is 7.99. The van der Waals surface area contributed by atoms with E-state index in [4.69, 9.17) is 4.74 Å². The quantitative estimate of drug-likeness (QED) is 0.617. The van der Waals surface area contributed by atoms with Gasteiger partial charge in [-0.2, -0.15) is 0 Å². The Morgan fingerprint density at radius 3 is 2.39 bits per heavy atom. The fraction of sp³-hybridized carbons (Fsp3) is 0.250. The van der Waals surface area contributed by atoms with Crippen LogP contribution in [0.1, 0.15) is 0 Å². The van der Waals surface area contributed by atoms with Gasteiger partial charge in [0.2, 0.25) is 5.91 Å². The fourth-order valence-corrected chi connectivity index (χ4v) is 3.31. The van der Waals surface area contributed by atoms with Crippen LogP contribution in [-0.2, 0) is 11.8 Å². The van der Waals surface area contributed by atoms with Crippen LogP contribution >= 0.6 is 11.8 Å². The van der Waals surface area contributed by atoms with E-state index in [1.165, 1.54) is 11.8 Å². The lowest BCUT2D eigenvalue weighted by Crippen LogP contribution is -2.14. The van der Waals surface area contributed by atoms with Crippen molar-refractivity contribution in [1.29, 1.82) is 0 Å². The van der Waals surface area contributed by atoms with Crippen LogP contribution in [0.2, 0.25) is 0 Å². The molecule has 1 aromatic heterocycles. The molecule has 0 radical (unpaired) electrons. The summed E-state index contributed by atoms with van der Waals surface area (Å²) in [5.41, 5.74) is 2.83. The van der Waals surface area contributed by atoms with Gasteiger partial charge in [-0.3, -0.25) is 4.79 Å². The monoisotopic (exact) mass is 397 g/mol. The van der Waals surface area contributed by atoms with E-state index < -0.39 is 0 Å². The Morgan fingerprint density at radius 2 is 1.79 bits per heavy atom. The van der Waals surface area contributed by atoms with Gasteiger partial charge in [0.05, 0.1) is 12.9 Å². The molecule has 0 bridgehead atoms. The Balaban J connectivity index is 1.61. The van der Waals surface area contributed by atoms with Crippen molar-refractivity contribution in [2.24, 2.45) is 7.05 Å². The molecular weight excluding hydrogens is 374 g/mol. The van der Waals surface area contributed by atoms with E-state index in [1.807, 2.05) is 54.9 Å². The lowest BCUT2D eigenvalue weighted by atomic mass is 10.2. The summed E-state index contributed by atoms with van der Waals surface area (Å²) in [4.78, 5) is 14.2. The van der Waals surface area contributed by atoms with Crippen molar-refractivity contribution in [3.05, 3.63) is 48.5 Å². The number of amides is 1. The van der Waals surface area contributed by atoms with E-state index in [9.17, 15) is 4.79 Å². The summed E-state index contributed by atoms with van der Waals surface area (Å²) in [6.45, 7) is 0. The molecule has 0 saturated carbocycles. The molecule has 1 N–H and O–H groups in total. The third-order valence-electron chi connectivity index (χ3n) is 4.18. The Hall–Kier alpha value is -3.00. The van der Waals surface area contributed by atoms with Gasteiger partial charge in [-0.15, -0.1) is 10.2 Å². The smallest absolute Gasteiger partial charge is 0.234 e. The van der Waals surface area contributed by atoms with Crippen molar-refractivity contribution in [2.45, 2.75) is 5.16 Å².